The number of hydrogen-bond acceptors (Lipinski definition) is 1. The van der Waals surface area contributed by atoms with Crippen LogP contribution in [0.5, 0.6) is 11.5 Å². The van der Waals surface area contributed by atoms with Gasteiger partial charge in [-0.2, -0.15) is 0 Å². The van der Waals surface area contributed by atoms with E-state index in [1.54, 1.807) is 0 Å². The number of aryl methyl sites for hydroxylation is 2. The van der Waals surface area contributed by atoms with E-state index in [0.29, 0.717) is 0 Å². The standard InChI is InChI=1S/C32H34O/c1-3-5-15-25-17-7-9-19-27(25)29-21-11-13-23-31(29)33-32-24-14-12-22-30(32)28-20-10-8-18-26(28)16-6-4-2/h7-14,17-24H,3-6,15-16H2,1-2H3. The summed E-state index contributed by atoms with van der Waals surface area (Å²) in [5.74, 6) is 1.81. The maximum absolute atomic E-state index is 6.67. The zero-order valence-corrected chi connectivity index (χ0v) is 19.9. The summed E-state index contributed by atoms with van der Waals surface area (Å²) in [6.45, 7) is 4.49. The highest BCUT2D eigenvalue weighted by Gasteiger charge is 2.14. The molecular formula is C32H34O. The van der Waals surface area contributed by atoms with Crippen LogP contribution in [-0.2, 0) is 12.8 Å². The number of para-hydroxylation sites is 2. The minimum absolute atomic E-state index is 0.903. The molecule has 0 saturated heterocycles. The van der Waals surface area contributed by atoms with Crippen molar-refractivity contribution in [2.24, 2.45) is 0 Å². The fourth-order valence-electron chi connectivity index (χ4n) is 4.41. The second-order valence-electron chi connectivity index (χ2n) is 8.62. The first-order valence-corrected chi connectivity index (χ1v) is 12.3. The van der Waals surface area contributed by atoms with Crippen LogP contribution < -0.4 is 4.74 Å². The summed E-state index contributed by atoms with van der Waals surface area (Å²) in [4.78, 5) is 0. The van der Waals surface area contributed by atoms with Crippen molar-refractivity contribution in [1.29, 1.82) is 0 Å². The summed E-state index contributed by atoms with van der Waals surface area (Å²) < 4.78 is 6.67. The molecule has 0 amide bonds. The van der Waals surface area contributed by atoms with Gasteiger partial charge in [-0.1, -0.05) is 112 Å². The van der Waals surface area contributed by atoms with Crippen molar-refractivity contribution >= 4 is 0 Å². The van der Waals surface area contributed by atoms with Gasteiger partial charge in [-0.05, 0) is 60.1 Å². The SMILES string of the molecule is CCCCc1ccccc1-c1ccccc1Oc1ccccc1-c1ccccc1CCCC. The molecule has 168 valence electrons. The van der Waals surface area contributed by atoms with Gasteiger partial charge < -0.3 is 4.74 Å². The van der Waals surface area contributed by atoms with Gasteiger partial charge in [0.2, 0.25) is 0 Å². The van der Waals surface area contributed by atoms with Gasteiger partial charge in [0.05, 0.1) is 0 Å². The van der Waals surface area contributed by atoms with Gasteiger partial charge in [0.15, 0.2) is 0 Å². The Hall–Kier alpha value is -3.32. The highest BCUT2D eigenvalue weighted by atomic mass is 16.5. The van der Waals surface area contributed by atoms with Crippen molar-refractivity contribution in [2.75, 3.05) is 0 Å². The van der Waals surface area contributed by atoms with Crippen LogP contribution in [0, 0.1) is 0 Å². The fourth-order valence-corrected chi connectivity index (χ4v) is 4.41. The molecule has 0 bridgehead atoms. The van der Waals surface area contributed by atoms with Crippen LogP contribution in [-0.4, -0.2) is 0 Å². The molecule has 0 saturated carbocycles. The Bertz CT molecular complexity index is 1080. The highest BCUT2D eigenvalue weighted by molar-refractivity contribution is 5.77. The third kappa shape index (κ3) is 5.54. The van der Waals surface area contributed by atoms with Crippen molar-refractivity contribution in [1.82, 2.24) is 0 Å². The summed E-state index contributed by atoms with van der Waals surface area (Å²) in [6.07, 6.45) is 6.94. The van der Waals surface area contributed by atoms with Gasteiger partial charge in [0.1, 0.15) is 11.5 Å². The van der Waals surface area contributed by atoms with E-state index >= 15 is 0 Å². The quantitative estimate of drug-likeness (QED) is 0.241. The minimum atomic E-state index is 0.903. The van der Waals surface area contributed by atoms with Gasteiger partial charge in [-0.15, -0.1) is 0 Å². The van der Waals surface area contributed by atoms with Crippen LogP contribution in [0.3, 0.4) is 0 Å². The number of hydrogen-bond donors (Lipinski definition) is 0. The zero-order valence-electron chi connectivity index (χ0n) is 19.9. The number of unbranched alkanes of at least 4 members (excludes halogenated alkanes) is 2. The molecule has 0 fully saturated rings. The zero-order chi connectivity index (χ0) is 22.9. The molecule has 0 atom stereocenters. The maximum Gasteiger partial charge on any atom is 0.135 e. The molecule has 4 rings (SSSR count). The number of benzene rings is 4. The molecule has 0 heterocycles. The summed E-state index contributed by atoms with van der Waals surface area (Å²) in [5, 5.41) is 0. The lowest BCUT2D eigenvalue weighted by Gasteiger charge is -2.18. The summed E-state index contributed by atoms with van der Waals surface area (Å²) in [7, 11) is 0. The van der Waals surface area contributed by atoms with E-state index in [4.69, 9.17) is 4.74 Å². The van der Waals surface area contributed by atoms with E-state index in [9.17, 15) is 0 Å². The second-order valence-corrected chi connectivity index (χ2v) is 8.62. The summed E-state index contributed by atoms with van der Waals surface area (Å²) >= 11 is 0. The van der Waals surface area contributed by atoms with E-state index in [1.165, 1.54) is 47.9 Å². The summed E-state index contributed by atoms with van der Waals surface area (Å²) in [6, 6.07) is 34.3. The highest BCUT2D eigenvalue weighted by Crippen LogP contribution is 2.40. The van der Waals surface area contributed by atoms with Crippen molar-refractivity contribution in [3.05, 3.63) is 108 Å². The van der Waals surface area contributed by atoms with Crippen LogP contribution in [0.4, 0.5) is 0 Å². The first-order valence-electron chi connectivity index (χ1n) is 12.3. The third-order valence-corrected chi connectivity index (χ3v) is 6.21. The molecule has 33 heavy (non-hydrogen) atoms. The van der Waals surface area contributed by atoms with Crippen LogP contribution in [0.15, 0.2) is 97.1 Å². The molecule has 0 radical (unpaired) electrons. The van der Waals surface area contributed by atoms with Crippen LogP contribution in [0.25, 0.3) is 22.3 Å². The van der Waals surface area contributed by atoms with Crippen molar-refractivity contribution in [3.8, 4) is 33.8 Å². The van der Waals surface area contributed by atoms with Crippen molar-refractivity contribution < 1.29 is 4.74 Å². The predicted octanol–water partition coefficient (Wildman–Crippen LogP) is 9.50. The molecule has 4 aromatic rings. The molecule has 0 aliphatic carbocycles. The van der Waals surface area contributed by atoms with Gasteiger partial charge in [-0.3, -0.25) is 0 Å². The molecule has 4 aromatic carbocycles. The third-order valence-electron chi connectivity index (χ3n) is 6.21. The molecule has 0 aliphatic rings. The normalized spacial score (nSPS) is 10.8. The average molecular weight is 435 g/mol. The molecule has 0 aromatic heterocycles. The lowest BCUT2D eigenvalue weighted by Crippen LogP contribution is -1.96. The molecule has 0 spiro atoms. The van der Waals surface area contributed by atoms with Crippen LogP contribution in [0.1, 0.15) is 50.7 Å². The monoisotopic (exact) mass is 434 g/mol. The Kier molecular flexibility index (Phi) is 7.98. The Morgan fingerprint density at radius 3 is 1.24 bits per heavy atom. The van der Waals surface area contributed by atoms with Gasteiger partial charge in [0, 0.05) is 11.1 Å². The molecule has 0 aliphatic heterocycles. The van der Waals surface area contributed by atoms with Gasteiger partial charge >= 0.3 is 0 Å². The van der Waals surface area contributed by atoms with E-state index < -0.39 is 0 Å². The van der Waals surface area contributed by atoms with Crippen molar-refractivity contribution in [2.45, 2.75) is 52.4 Å². The maximum atomic E-state index is 6.67. The molecular weight excluding hydrogens is 400 g/mol. The number of ether oxygens (including phenoxy) is 1. The van der Waals surface area contributed by atoms with Gasteiger partial charge in [-0.25, -0.2) is 0 Å². The van der Waals surface area contributed by atoms with E-state index in [1.807, 2.05) is 0 Å². The Labute approximate surface area is 199 Å². The topological polar surface area (TPSA) is 9.23 Å². The number of rotatable bonds is 10. The first-order chi connectivity index (χ1) is 16.3. The van der Waals surface area contributed by atoms with Crippen molar-refractivity contribution in [3.63, 3.8) is 0 Å². The molecule has 0 N–H and O–H groups in total. The first kappa shape index (κ1) is 22.9. The van der Waals surface area contributed by atoms with E-state index in [0.717, 1.165) is 35.5 Å². The lowest BCUT2D eigenvalue weighted by atomic mass is 9.95. The van der Waals surface area contributed by atoms with Crippen LogP contribution in [0.2, 0.25) is 0 Å². The van der Waals surface area contributed by atoms with E-state index in [2.05, 4.69) is 111 Å². The summed E-state index contributed by atoms with van der Waals surface area (Å²) in [5.41, 5.74) is 7.60. The van der Waals surface area contributed by atoms with Crippen LogP contribution >= 0.6 is 0 Å². The lowest BCUT2D eigenvalue weighted by molar-refractivity contribution is 0.486. The Balaban J connectivity index is 1.73. The fraction of sp³-hybridized carbons (Fsp3) is 0.250. The van der Waals surface area contributed by atoms with E-state index in [-0.39, 0.29) is 0 Å². The molecule has 1 heteroatoms. The average Bonchev–Trinajstić information content (AvgIpc) is 2.87. The second kappa shape index (κ2) is 11.5. The minimum Gasteiger partial charge on any atom is -0.456 e. The molecule has 1 nitrogen and oxygen atoms in total. The molecule has 0 unspecified atom stereocenters. The Morgan fingerprint density at radius 1 is 0.455 bits per heavy atom. The Morgan fingerprint density at radius 2 is 0.818 bits per heavy atom. The smallest absolute Gasteiger partial charge is 0.135 e. The van der Waals surface area contributed by atoms with Gasteiger partial charge in [0.25, 0.3) is 0 Å². The predicted molar refractivity (Wildman–Crippen MR) is 141 cm³/mol. The largest absolute Gasteiger partial charge is 0.456 e.